The zero-order valence-electron chi connectivity index (χ0n) is 12.2. The van der Waals surface area contributed by atoms with Crippen molar-refractivity contribution in [2.45, 2.75) is 44.7 Å². The van der Waals surface area contributed by atoms with Crippen molar-refractivity contribution >= 4 is 5.69 Å². The van der Waals surface area contributed by atoms with Gasteiger partial charge in [-0.15, -0.1) is 0 Å². The molecule has 2 rings (SSSR count). The first-order valence-corrected chi connectivity index (χ1v) is 7.47. The molecule has 1 heterocycles. The molecule has 106 valence electrons. The third kappa shape index (κ3) is 3.48. The monoisotopic (exact) mass is 261 g/mol. The first-order chi connectivity index (χ1) is 9.19. The molecule has 3 heteroatoms. The van der Waals surface area contributed by atoms with Crippen molar-refractivity contribution in [2.24, 2.45) is 5.73 Å². The molecule has 1 aromatic rings. The van der Waals surface area contributed by atoms with Crippen LogP contribution >= 0.6 is 0 Å². The SMILES string of the molecule is CCC(C)NC1(CN)CCN(c2ccccc2)CC1. The van der Waals surface area contributed by atoms with Gasteiger partial charge < -0.3 is 16.0 Å². The van der Waals surface area contributed by atoms with E-state index in [2.05, 4.69) is 54.4 Å². The molecule has 0 radical (unpaired) electrons. The van der Waals surface area contributed by atoms with Crippen LogP contribution in [0.25, 0.3) is 0 Å². The van der Waals surface area contributed by atoms with Crippen molar-refractivity contribution in [3.05, 3.63) is 30.3 Å². The van der Waals surface area contributed by atoms with Crippen LogP contribution in [0, 0.1) is 0 Å². The molecule has 19 heavy (non-hydrogen) atoms. The lowest BCUT2D eigenvalue weighted by Gasteiger charge is -2.44. The van der Waals surface area contributed by atoms with Gasteiger partial charge in [-0.05, 0) is 38.3 Å². The molecule has 0 bridgehead atoms. The average molecular weight is 261 g/mol. The van der Waals surface area contributed by atoms with E-state index in [0.717, 1.165) is 38.9 Å². The smallest absolute Gasteiger partial charge is 0.0366 e. The van der Waals surface area contributed by atoms with Gasteiger partial charge in [-0.25, -0.2) is 0 Å². The lowest BCUT2D eigenvalue weighted by molar-refractivity contribution is 0.240. The van der Waals surface area contributed by atoms with Crippen LogP contribution in [0.4, 0.5) is 5.69 Å². The molecule has 1 atom stereocenters. The van der Waals surface area contributed by atoms with E-state index >= 15 is 0 Å². The number of nitrogens with one attached hydrogen (secondary N) is 1. The van der Waals surface area contributed by atoms with E-state index in [9.17, 15) is 0 Å². The zero-order chi connectivity index (χ0) is 13.7. The third-order valence-electron chi connectivity index (χ3n) is 4.40. The molecule has 0 aliphatic carbocycles. The molecule has 0 spiro atoms. The molecule has 0 aromatic heterocycles. The Balaban J connectivity index is 1.97. The average Bonchev–Trinajstić information content (AvgIpc) is 2.48. The Morgan fingerprint density at radius 3 is 2.42 bits per heavy atom. The van der Waals surface area contributed by atoms with E-state index in [1.807, 2.05) is 0 Å². The van der Waals surface area contributed by atoms with E-state index in [4.69, 9.17) is 5.73 Å². The van der Waals surface area contributed by atoms with Crippen molar-refractivity contribution in [2.75, 3.05) is 24.5 Å². The maximum absolute atomic E-state index is 6.04. The number of piperidine rings is 1. The summed E-state index contributed by atoms with van der Waals surface area (Å²) in [5.41, 5.74) is 7.51. The fourth-order valence-corrected chi connectivity index (χ4v) is 2.86. The predicted octanol–water partition coefficient (Wildman–Crippen LogP) is 2.37. The maximum Gasteiger partial charge on any atom is 0.0366 e. The van der Waals surface area contributed by atoms with Gasteiger partial charge in [0.15, 0.2) is 0 Å². The first-order valence-electron chi connectivity index (χ1n) is 7.47. The van der Waals surface area contributed by atoms with Gasteiger partial charge in [0.05, 0.1) is 0 Å². The Morgan fingerprint density at radius 2 is 1.89 bits per heavy atom. The first kappa shape index (κ1) is 14.4. The van der Waals surface area contributed by atoms with E-state index in [1.54, 1.807) is 0 Å². The van der Waals surface area contributed by atoms with Crippen LogP contribution in [-0.4, -0.2) is 31.2 Å². The summed E-state index contributed by atoms with van der Waals surface area (Å²) >= 11 is 0. The molecule has 3 nitrogen and oxygen atoms in total. The van der Waals surface area contributed by atoms with Crippen LogP contribution in [0.2, 0.25) is 0 Å². The van der Waals surface area contributed by atoms with Crippen molar-refractivity contribution < 1.29 is 0 Å². The van der Waals surface area contributed by atoms with Crippen molar-refractivity contribution in [1.29, 1.82) is 0 Å². The molecule has 1 saturated heterocycles. The standard InChI is InChI=1S/C16H27N3/c1-3-14(2)18-16(13-17)9-11-19(12-10-16)15-7-5-4-6-8-15/h4-8,14,18H,3,9-13,17H2,1-2H3. The highest BCUT2D eigenvalue weighted by atomic mass is 15.2. The van der Waals surface area contributed by atoms with E-state index in [-0.39, 0.29) is 5.54 Å². The summed E-state index contributed by atoms with van der Waals surface area (Å²) in [6.45, 7) is 7.39. The van der Waals surface area contributed by atoms with Crippen LogP contribution in [0.1, 0.15) is 33.1 Å². The summed E-state index contributed by atoms with van der Waals surface area (Å²) in [4.78, 5) is 2.46. The topological polar surface area (TPSA) is 41.3 Å². The second kappa shape index (κ2) is 6.40. The predicted molar refractivity (Wildman–Crippen MR) is 82.6 cm³/mol. The molecule has 0 amide bonds. The summed E-state index contributed by atoms with van der Waals surface area (Å²) in [6, 6.07) is 11.2. The lowest BCUT2D eigenvalue weighted by Crippen LogP contribution is -2.59. The molecule has 0 saturated carbocycles. The Kier molecular flexibility index (Phi) is 4.83. The Labute approximate surface area is 117 Å². The second-order valence-corrected chi connectivity index (χ2v) is 5.76. The number of rotatable bonds is 5. The summed E-state index contributed by atoms with van der Waals surface area (Å²) in [6.07, 6.45) is 3.41. The van der Waals surface area contributed by atoms with Crippen LogP contribution in [0.15, 0.2) is 30.3 Å². The molecule has 3 N–H and O–H groups in total. The molecule has 1 unspecified atom stereocenters. The quantitative estimate of drug-likeness (QED) is 0.855. The second-order valence-electron chi connectivity index (χ2n) is 5.76. The minimum atomic E-state index is 0.140. The lowest BCUT2D eigenvalue weighted by atomic mass is 9.86. The van der Waals surface area contributed by atoms with Crippen LogP contribution in [-0.2, 0) is 0 Å². The van der Waals surface area contributed by atoms with Crippen LogP contribution < -0.4 is 16.0 Å². The van der Waals surface area contributed by atoms with Gasteiger partial charge in [-0.1, -0.05) is 25.1 Å². The van der Waals surface area contributed by atoms with Gasteiger partial charge >= 0.3 is 0 Å². The summed E-state index contributed by atoms with van der Waals surface area (Å²) in [7, 11) is 0. The van der Waals surface area contributed by atoms with Crippen LogP contribution in [0.5, 0.6) is 0 Å². The highest BCUT2D eigenvalue weighted by molar-refractivity contribution is 5.46. The highest BCUT2D eigenvalue weighted by Crippen LogP contribution is 2.26. The fourth-order valence-electron chi connectivity index (χ4n) is 2.86. The number of benzene rings is 1. The van der Waals surface area contributed by atoms with E-state index in [1.165, 1.54) is 5.69 Å². The molecule has 1 aliphatic heterocycles. The number of anilines is 1. The normalized spacial score (nSPS) is 20.3. The van der Waals surface area contributed by atoms with Gasteiger partial charge in [0, 0.05) is 36.9 Å². The van der Waals surface area contributed by atoms with E-state index in [0.29, 0.717) is 6.04 Å². The molecular weight excluding hydrogens is 234 g/mol. The number of nitrogens with zero attached hydrogens (tertiary/aromatic N) is 1. The minimum absolute atomic E-state index is 0.140. The van der Waals surface area contributed by atoms with Gasteiger partial charge in [0.1, 0.15) is 0 Å². The van der Waals surface area contributed by atoms with Crippen molar-refractivity contribution in [1.82, 2.24) is 5.32 Å². The maximum atomic E-state index is 6.04. The summed E-state index contributed by atoms with van der Waals surface area (Å²) in [5.74, 6) is 0. The van der Waals surface area contributed by atoms with Gasteiger partial charge in [0.25, 0.3) is 0 Å². The largest absolute Gasteiger partial charge is 0.371 e. The summed E-state index contributed by atoms with van der Waals surface area (Å²) < 4.78 is 0. The molecule has 1 aliphatic rings. The Bertz CT molecular complexity index is 369. The van der Waals surface area contributed by atoms with Crippen molar-refractivity contribution in [3.8, 4) is 0 Å². The number of para-hydroxylation sites is 1. The minimum Gasteiger partial charge on any atom is -0.371 e. The molecule has 1 fully saturated rings. The zero-order valence-corrected chi connectivity index (χ0v) is 12.2. The fraction of sp³-hybridized carbons (Fsp3) is 0.625. The van der Waals surface area contributed by atoms with E-state index < -0.39 is 0 Å². The highest BCUT2D eigenvalue weighted by Gasteiger charge is 2.33. The van der Waals surface area contributed by atoms with Gasteiger partial charge in [0.2, 0.25) is 0 Å². The van der Waals surface area contributed by atoms with Gasteiger partial charge in [-0.2, -0.15) is 0 Å². The third-order valence-corrected chi connectivity index (χ3v) is 4.40. The Morgan fingerprint density at radius 1 is 1.26 bits per heavy atom. The Hall–Kier alpha value is -1.06. The molecular formula is C16H27N3. The summed E-state index contributed by atoms with van der Waals surface area (Å²) in [5, 5.41) is 3.75. The molecule has 1 aromatic carbocycles. The number of hydrogen-bond acceptors (Lipinski definition) is 3. The number of nitrogens with two attached hydrogens (primary N) is 1. The van der Waals surface area contributed by atoms with Crippen molar-refractivity contribution in [3.63, 3.8) is 0 Å². The van der Waals surface area contributed by atoms with Crippen LogP contribution in [0.3, 0.4) is 0 Å². The van der Waals surface area contributed by atoms with Gasteiger partial charge in [-0.3, -0.25) is 0 Å². The number of hydrogen-bond donors (Lipinski definition) is 2.